The lowest BCUT2D eigenvalue weighted by Gasteiger charge is -2.09. The molecule has 1 heterocycles. The Labute approximate surface area is 140 Å². The topological polar surface area (TPSA) is 64.7 Å². The number of aromatic hydroxyl groups is 1. The molecule has 3 aromatic rings. The number of phenols is 1. The molecule has 0 saturated carbocycles. The van der Waals surface area contributed by atoms with Gasteiger partial charge < -0.3 is 19.1 Å². The Morgan fingerprint density at radius 2 is 1.60 bits per heavy atom. The summed E-state index contributed by atoms with van der Waals surface area (Å²) in [5, 5.41) is 13.2. The van der Waals surface area contributed by atoms with Gasteiger partial charge in [-0.1, -0.05) is 5.16 Å². The summed E-state index contributed by atoms with van der Waals surface area (Å²) in [4.78, 5) is 0. The highest BCUT2D eigenvalue weighted by atomic mass is 19.4. The summed E-state index contributed by atoms with van der Waals surface area (Å²) in [6.45, 7) is 0.0601. The molecule has 1 N–H and O–H groups in total. The van der Waals surface area contributed by atoms with E-state index in [4.69, 9.17) is 9.26 Å². The molecule has 8 heteroatoms. The second-order valence-electron chi connectivity index (χ2n) is 5.03. The molecule has 0 radical (unpaired) electrons. The average molecular weight is 351 g/mol. The smallest absolute Gasteiger partial charge is 0.508 e. The SMILES string of the molecule is Oc1ccc(-c2cc(COc3ccc(OC(F)(F)F)cc3)on2)cc1. The quantitative estimate of drug-likeness (QED) is 0.732. The maximum atomic E-state index is 12.1. The van der Waals surface area contributed by atoms with E-state index in [0.717, 1.165) is 17.7 Å². The van der Waals surface area contributed by atoms with E-state index in [1.165, 1.54) is 24.3 Å². The minimum absolute atomic E-state index is 0.0601. The molecular weight excluding hydrogens is 339 g/mol. The van der Waals surface area contributed by atoms with Crippen molar-refractivity contribution in [2.75, 3.05) is 0 Å². The molecule has 0 atom stereocenters. The summed E-state index contributed by atoms with van der Waals surface area (Å²) in [5.74, 6) is 0.624. The standard InChI is InChI=1S/C17H12F3NO4/c18-17(19,20)24-14-7-5-13(6-8-14)23-10-15-9-16(21-25-15)11-1-3-12(22)4-2-11/h1-9,22H,10H2. The van der Waals surface area contributed by atoms with Crippen molar-refractivity contribution >= 4 is 0 Å². The van der Waals surface area contributed by atoms with Gasteiger partial charge in [0.05, 0.1) is 0 Å². The number of hydrogen-bond donors (Lipinski definition) is 1. The minimum atomic E-state index is -4.73. The summed E-state index contributed by atoms with van der Waals surface area (Å²) in [6, 6.07) is 13.2. The highest BCUT2D eigenvalue weighted by molar-refractivity contribution is 5.59. The van der Waals surface area contributed by atoms with E-state index in [1.54, 1.807) is 18.2 Å². The Morgan fingerprint density at radius 1 is 0.960 bits per heavy atom. The number of halogens is 3. The Hall–Kier alpha value is -3.16. The lowest BCUT2D eigenvalue weighted by molar-refractivity contribution is -0.274. The Morgan fingerprint density at radius 3 is 2.24 bits per heavy atom. The van der Waals surface area contributed by atoms with Gasteiger partial charge in [0.2, 0.25) is 0 Å². The van der Waals surface area contributed by atoms with Crippen LogP contribution in [0.1, 0.15) is 5.76 Å². The number of aromatic nitrogens is 1. The fourth-order valence-corrected chi connectivity index (χ4v) is 2.04. The van der Waals surface area contributed by atoms with E-state index >= 15 is 0 Å². The van der Waals surface area contributed by atoms with Crippen molar-refractivity contribution in [3.05, 3.63) is 60.4 Å². The zero-order valence-electron chi connectivity index (χ0n) is 12.7. The number of benzene rings is 2. The summed E-state index contributed by atoms with van der Waals surface area (Å²) in [5.41, 5.74) is 1.34. The van der Waals surface area contributed by atoms with Crippen molar-refractivity contribution < 1.29 is 32.3 Å². The first-order valence-corrected chi connectivity index (χ1v) is 7.13. The molecule has 0 bridgehead atoms. The maximum Gasteiger partial charge on any atom is 0.573 e. The van der Waals surface area contributed by atoms with Gasteiger partial charge in [-0.25, -0.2) is 0 Å². The van der Waals surface area contributed by atoms with Gasteiger partial charge in [0.1, 0.15) is 29.5 Å². The van der Waals surface area contributed by atoms with Gasteiger partial charge >= 0.3 is 6.36 Å². The first-order valence-electron chi connectivity index (χ1n) is 7.13. The van der Waals surface area contributed by atoms with Crippen LogP contribution in [-0.4, -0.2) is 16.6 Å². The summed E-state index contributed by atoms with van der Waals surface area (Å²) in [7, 11) is 0. The molecule has 0 saturated heterocycles. The average Bonchev–Trinajstić information content (AvgIpc) is 3.02. The largest absolute Gasteiger partial charge is 0.573 e. The monoisotopic (exact) mass is 351 g/mol. The molecule has 0 aliphatic rings. The van der Waals surface area contributed by atoms with Gasteiger partial charge in [-0.15, -0.1) is 13.2 Å². The highest BCUT2D eigenvalue weighted by Crippen LogP contribution is 2.26. The third kappa shape index (κ3) is 4.66. The fraction of sp³-hybridized carbons (Fsp3) is 0.118. The second kappa shape index (κ2) is 6.76. The molecule has 0 spiro atoms. The number of ether oxygens (including phenoxy) is 2. The molecule has 0 unspecified atom stereocenters. The zero-order valence-corrected chi connectivity index (χ0v) is 12.7. The maximum absolute atomic E-state index is 12.1. The van der Waals surface area contributed by atoms with Crippen LogP contribution in [-0.2, 0) is 6.61 Å². The van der Waals surface area contributed by atoms with Crippen LogP contribution in [0.3, 0.4) is 0 Å². The van der Waals surface area contributed by atoms with Crippen molar-refractivity contribution in [3.8, 4) is 28.5 Å². The molecule has 5 nitrogen and oxygen atoms in total. The number of phenolic OH excluding ortho intramolecular Hbond substituents is 1. The molecule has 2 aromatic carbocycles. The van der Waals surface area contributed by atoms with Gasteiger partial charge in [0.15, 0.2) is 5.76 Å². The molecule has 0 fully saturated rings. The number of alkyl halides is 3. The number of rotatable bonds is 5. The van der Waals surface area contributed by atoms with E-state index in [2.05, 4.69) is 9.89 Å². The molecular formula is C17H12F3NO4. The van der Waals surface area contributed by atoms with Crippen molar-refractivity contribution in [3.63, 3.8) is 0 Å². The predicted octanol–water partition coefficient (Wildman–Crippen LogP) is 4.52. The van der Waals surface area contributed by atoms with E-state index in [0.29, 0.717) is 17.2 Å². The summed E-state index contributed by atoms with van der Waals surface area (Å²) in [6.07, 6.45) is -4.73. The van der Waals surface area contributed by atoms with Gasteiger partial charge in [-0.3, -0.25) is 0 Å². The first kappa shape index (κ1) is 16.7. The molecule has 0 aliphatic carbocycles. The molecule has 3 rings (SSSR count). The summed E-state index contributed by atoms with van der Waals surface area (Å²) < 4.78 is 50.6. The third-order valence-corrected chi connectivity index (χ3v) is 3.16. The van der Waals surface area contributed by atoms with Crippen LogP contribution >= 0.6 is 0 Å². The molecule has 1 aromatic heterocycles. The van der Waals surface area contributed by atoms with Crippen molar-refractivity contribution in [2.24, 2.45) is 0 Å². The number of hydrogen-bond acceptors (Lipinski definition) is 5. The van der Waals surface area contributed by atoms with Gasteiger partial charge in [0, 0.05) is 11.6 Å². The van der Waals surface area contributed by atoms with Crippen molar-refractivity contribution in [1.29, 1.82) is 0 Å². The van der Waals surface area contributed by atoms with Crippen LogP contribution in [0.2, 0.25) is 0 Å². The van der Waals surface area contributed by atoms with Gasteiger partial charge in [0.25, 0.3) is 0 Å². The second-order valence-corrected chi connectivity index (χ2v) is 5.03. The first-order chi connectivity index (χ1) is 11.9. The van der Waals surface area contributed by atoms with Gasteiger partial charge in [-0.2, -0.15) is 0 Å². The zero-order chi connectivity index (χ0) is 17.9. The van der Waals surface area contributed by atoms with Crippen LogP contribution in [0, 0.1) is 0 Å². The van der Waals surface area contributed by atoms with Crippen LogP contribution in [0.5, 0.6) is 17.2 Å². The molecule has 130 valence electrons. The van der Waals surface area contributed by atoms with E-state index in [9.17, 15) is 18.3 Å². The Balaban J connectivity index is 1.59. The lowest BCUT2D eigenvalue weighted by Crippen LogP contribution is -2.16. The van der Waals surface area contributed by atoms with Crippen LogP contribution in [0.25, 0.3) is 11.3 Å². The minimum Gasteiger partial charge on any atom is -0.508 e. The highest BCUT2D eigenvalue weighted by Gasteiger charge is 2.30. The number of nitrogens with zero attached hydrogens (tertiary/aromatic N) is 1. The Kier molecular flexibility index (Phi) is 4.51. The Bertz CT molecular complexity index is 826. The molecule has 0 amide bonds. The molecule has 0 aliphatic heterocycles. The lowest BCUT2D eigenvalue weighted by atomic mass is 10.1. The van der Waals surface area contributed by atoms with Crippen LogP contribution in [0.4, 0.5) is 13.2 Å². The van der Waals surface area contributed by atoms with E-state index in [1.807, 2.05) is 0 Å². The third-order valence-electron chi connectivity index (χ3n) is 3.16. The van der Waals surface area contributed by atoms with Crippen LogP contribution in [0.15, 0.2) is 59.1 Å². The van der Waals surface area contributed by atoms with E-state index < -0.39 is 6.36 Å². The van der Waals surface area contributed by atoms with Crippen molar-refractivity contribution in [1.82, 2.24) is 5.16 Å². The van der Waals surface area contributed by atoms with E-state index in [-0.39, 0.29) is 18.1 Å². The normalized spacial score (nSPS) is 11.3. The van der Waals surface area contributed by atoms with Crippen molar-refractivity contribution in [2.45, 2.75) is 13.0 Å². The van der Waals surface area contributed by atoms with Crippen LogP contribution < -0.4 is 9.47 Å². The predicted molar refractivity (Wildman–Crippen MR) is 81.1 cm³/mol. The summed E-state index contributed by atoms with van der Waals surface area (Å²) >= 11 is 0. The fourth-order valence-electron chi connectivity index (χ4n) is 2.04. The van der Waals surface area contributed by atoms with Gasteiger partial charge in [-0.05, 0) is 48.5 Å². The molecule has 25 heavy (non-hydrogen) atoms.